The van der Waals surface area contributed by atoms with Crippen LogP contribution in [0.3, 0.4) is 0 Å². The van der Waals surface area contributed by atoms with E-state index in [0.717, 1.165) is 6.42 Å². The molecule has 0 aliphatic carbocycles. The van der Waals surface area contributed by atoms with Gasteiger partial charge in [-0.05, 0) is 30.5 Å². The number of nitrogens with zero attached hydrogens (tertiary/aromatic N) is 4. The van der Waals surface area contributed by atoms with Crippen molar-refractivity contribution in [1.82, 2.24) is 14.9 Å². The summed E-state index contributed by atoms with van der Waals surface area (Å²) in [4.78, 5) is 24.4. The second-order valence-electron chi connectivity index (χ2n) is 6.14. The number of benzene rings is 1. The summed E-state index contributed by atoms with van der Waals surface area (Å²) >= 11 is 0. The van der Waals surface area contributed by atoms with Crippen molar-refractivity contribution in [3.05, 3.63) is 53.2 Å². The highest BCUT2D eigenvalue weighted by atomic mass is 19.1. The molecule has 0 radical (unpaired) electrons. The van der Waals surface area contributed by atoms with E-state index in [1.807, 2.05) is 41.0 Å². The van der Waals surface area contributed by atoms with E-state index in [2.05, 4.69) is 16.9 Å². The van der Waals surface area contributed by atoms with Crippen molar-refractivity contribution in [2.45, 2.75) is 26.7 Å². The second kappa shape index (κ2) is 7.59. The number of hydrogen-bond donors (Lipinski definition) is 0. The number of piperazine rings is 1. The standard InChI is InChI=1S/C19H23FN4O/c1-3-14-5-7-15(8-6-14)19(25)24-11-9-23(10-12-24)18-17(20)16(4-2)21-13-22-18/h5-8,13H,3-4,9-12H2,1-2H3. The van der Waals surface area contributed by atoms with E-state index in [9.17, 15) is 9.18 Å². The van der Waals surface area contributed by atoms with Gasteiger partial charge in [-0.25, -0.2) is 14.4 Å². The molecule has 2 heterocycles. The van der Waals surface area contributed by atoms with E-state index in [4.69, 9.17) is 0 Å². The zero-order valence-corrected chi connectivity index (χ0v) is 14.7. The van der Waals surface area contributed by atoms with Crippen LogP contribution in [0.5, 0.6) is 0 Å². The van der Waals surface area contributed by atoms with Crippen LogP contribution in [0.4, 0.5) is 10.2 Å². The molecule has 6 heteroatoms. The average molecular weight is 342 g/mol. The largest absolute Gasteiger partial charge is 0.351 e. The molecule has 3 rings (SSSR count). The zero-order chi connectivity index (χ0) is 17.8. The van der Waals surface area contributed by atoms with E-state index in [1.165, 1.54) is 11.9 Å². The first-order valence-corrected chi connectivity index (χ1v) is 8.76. The Balaban J connectivity index is 1.66. The number of carbonyl (C=O) groups is 1. The number of hydrogen-bond acceptors (Lipinski definition) is 4. The first-order valence-electron chi connectivity index (χ1n) is 8.76. The van der Waals surface area contributed by atoms with Crippen LogP contribution in [0.15, 0.2) is 30.6 Å². The number of halogens is 1. The third kappa shape index (κ3) is 3.62. The van der Waals surface area contributed by atoms with Gasteiger partial charge < -0.3 is 9.80 Å². The molecule has 1 aromatic heterocycles. The van der Waals surface area contributed by atoms with Gasteiger partial charge in [0.2, 0.25) is 0 Å². The quantitative estimate of drug-likeness (QED) is 0.857. The summed E-state index contributed by atoms with van der Waals surface area (Å²) in [5.74, 6) is 0.0193. The highest BCUT2D eigenvalue weighted by Gasteiger charge is 2.25. The van der Waals surface area contributed by atoms with Crippen LogP contribution in [-0.2, 0) is 12.8 Å². The molecule has 1 saturated heterocycles. The van der Waals surface area contributed by atoms with Crippen LogP contribution in [0.25, 0.3) is 0 Å². The van der Waals surface area contributed by atoms with E-state index in [-0.39, 0.29) is 11.7 Å². The van der Waals surface area contributed by atoms with Gasteiger partial charge >= 0.3 is 0 Å². The van der Waals surface area contributed by atoms with Crippen molar-refractivity contribution < 1.29 is 9.18 Å². The van der Waals surface area contributed by atoms with Gasteiger partial charge in [0.25, 0.3) is 5.91 Å². The molecular formula is C19H23FN4O. The minimum absolute atomic E-state index is 0.0275. The number of aryl methyl sites for hydroxylation is 2. The summed E-state index contributed by atoms with van der Waals surface area (Å²) in [6.07, 6.45) is 2.90. The molecule has 0 unspecified atom stereocenters. The third-order valence-electron chi connectivity index (χ3n) is 4.65. The lowest BCUT2D eigenvalue weighted by Crippen LogP contribution is -2.49. The predicted octanol–water partition coefficient (Wildman–Crippen LogP) is 2.70. The van der Waals surface area contributed by atoms with E-state index in [0.29, 0.717) is 49.7 Å². The molecule has 2 aromatic rings. The van der Waals surface area contributed by atoms with Gasteiger partial charge in [0.15, 0.2) is 11.6 Å². The van der Waals surface area contributed by atoms with E-state index < -0.39 is 0 Å². The van der Waals surface area contributed by atoms with Crippen molar-refractivity contribution >= 4 is 11.7 Å². The lowest BCUT2D eigenvalue weighted by molar-refractivity contribution is 0.0746. The Hall–Kier alpha value is -2.50. The predicted molar refractivity (Wildman–Crippen MR) is 95.3 cm³/mol. The molecule has 1 fully saturated rings. The van der Waals surface area contributed by atoms with Gasteiger partial charge in [-0.1, -0.05) is 26.0 Å². The van der Waals surface area contributed by atoms with Crippen LogP contribution in [0, 0.1) is 5.82 Å². The van der Waals surface area contributed by atoms with E-state index >= 15 is 0 Å². The van der Waals surface area contributed by atoms with Gasteiger partial charge in [-0.2, -0.15) is 0 Å². The minimum Gasteiger partial charge on any atom is -0.351 e. The van der Waals surface area contributed by atoms with Crippen molar-refractivity contribution in [3.8, 4) is 0 Å². The normalized spacial score (nSPS) is 14.7. The van der Waals surface area contributed by atoms with Crippen molar-refractivity contribution in [1.29, 1.82) is 0 Å². The van der Waals surface area contributed by atoms with Crippen LogP contribution in [0.1, 0.15) is 35.5 Å². The Kier molecular flexibility index (Phi) is 5.26. The maximum Gasteiger partial charge on any atom is 0.253 e. The fourth-order valence-corrected chi connectivity index (χ4v) is 3.05. The summed E-state index contributed by atoms with van der Waals surface area (Å²) in [6, 6.07) is 7.74. The molecular weight excluding hydrogens is 319 g/mol. The van der Waals surface area contributed by atoms with Gasteiger partial charge in [-0.3, -0.25) is 4.79 Å². The number of carbonyl (C=O) groups excluding carboxylic acids is 1. The number of amides is 1. The van der Waals surface area contributed by atoms with Crippen LogP contribution in [0.2, 0.25) is 0 Å². The minimum atomic E-state index is -0.347. The van der Waals surface area contributed by atoms with Crippen molar-refractivity contribution in [2.75, 3.05) is 31.1 Å². The monoisotopic (exact) mass is 342 g/mol. The highest BCUT2D eigenvalue weighted by Crippen LogP contribution is 2.20. The summed E-state index contributed by atoms with van der Waals surface area (Å²) in [6.45, 7) is 6.20. The maximum atomic E-state index is 14.4. The summed E-state index contributed by atoms with van der Waals surface area (Å²) in [5.41, 5.74) is 2.35. The molecule has 132 valence electrons. The zero-order valence-electron chi connectivity index (χ0n) is 14.7. The molecule has 0 saturated carbocycles. The lowest BCUT2D eigenvalue weighted by atomic mass is 10.1. The SMILES string of the molecule is CCc1ccc(C(=O)N2CCN(c3ncnc(CC)c3F)CC2)cc1. The Morgan fingerprint density at radius 1 is 1.04 bits per heavy atom. The van der Waals surface area contributed by atoms with Crippen LogP contribution in [-0.4, -0.2) is 47.0 Å². The molecule has 1 aromatic carbocycles. The smallest absolute Gasteiger partial charge is 0.253 e. The van der Waals surface area contributed by atoms with Gasteiger partial charge in [0, 0.05) is 31.7 Å². The Bertz CT molecular complexity index is 740. The Morgan fingerprint density at radius 3 is 2.32 bits per heavy atom. The van der Waals surface area contributed by atoms with Gasteiger partial charge in [0.05, 0.1) is 5.69 Å². The number of rotatable bonds is 4. The van der Waals surface area contributed by atoms with E-state index in [1.54, 1.807) is 0 Å². The second-order valence-corrected chi connectivity index (χ2v) is 6.14. The molecule has 0 bridgehead atoms. The lowest BCUT2D eigenvalue weighted by Gasteiger charge is -2.35. The molecule has 1 aliphatic rings. The molecule has 1 amide bonds. The molecule has 1 aliphatic heterocycles. The van der Waals surface area contributed by atoms with Gasteiger partial charge in [-0.15, -0.1) is 0 Å². The fourth-order valence-electron chi connectivity index (χ4n) is 3.05. The fraction of sp³-hybridized carbons (Fsp3) is 0.421. The topological polar surface area (TPSA) is 49.3 Å². The third-order valence-corrected chi connectivity index (χ3v) is 4.65. The van der Waals surface area contributed by atoms with Crippen molar-refractivity contribution in [2.24, 2.45) is 0 Å². The first kappa shape index (κ1) is 17.3. The Morgan fingerprint density at radius 2 is 1.72 bits per heavy atom. The molecule has 0 spiro atoms. The first-order chi connectivity index (χ1) is 12.1. The molecule has 25 heavy (non-hydrogen) atoms. The molecule has 0 N–H and O–H groups in total. The summed E-state index contributed by atoms with van der Waals surface area (Å²) in [7, 11) is 0. The molecule has 5 nitrogen and oxygen atoms in total. The number of anilines is 1. The summed E-state index contributed by atoms with van der Waals surface area (Å²) in [5, 5.41) is 0. The van der Waals surface area contributed by atoms with Crippen LogP contribution < -0.4 is 4.90 Å². The summed E-state index contributed by atoms with van der Waals surface area (Å²) < 4.78 is 14.4. The Labute approximate surface area is 147 Å². The van der Waals surface area contributed by atoms with Crippen LogP contribution >= 0.6 is 0 Å². The highest BCUT2D eigenvalue weighted by molar-refractivity contribution is 5.94. The maximum absolute atomic E-state index is 14.4. The van der Waals surface area contributed by atoms with Gasteiger partial charge in [0.1, 0.15) is 6.33 Å². The van der Waals surface area contributed by atoms with Crippen molar-refractivity contribution in [3.63, 3.8) is 0 Å². The molecule has 0 atom stereocenters. The average Bonchev–Trinajstić information content (AvgIpc) is 2.68. The number of aromatic nitrogens is 2.